The van der Waals surface area contributed by atoms with Gasteiger partial charge in [-0.3, -0.25) is 0 Å². The van der Waals surface area contributed by atoms with Gasteiger partial charge in [-0.25, -0.2) is 8.42 Å². The van der Waals surface area contributed by atoms with Gasteiger partial charge in [-0.05, 0) is 59.4 Å². The third kappa shape index (κ3) is 4.60. The molecular weight excluding hydrogens is 456 g/mol. The lowest BCUT2D eigenvalue weighted by Crippen LogP contribution is -2.32. The van der Waals surface area contributed by atoms with E-state index in [2.05, 4.69) is 41.7 Å². The van der Waals surface area contributed by atoms with Crippen LogP contribution in [-0.2, 0) is 16.6 Å². The summed E-state index contributed by atoms with van der Waals surface area (Å²) in [5.41, 5.74) is 4.42. The molecule has 1 heterocycles. The van der Waals surface area contributed by atoms with E-state index in [0.29, 0.717) is 30.5 Å². The smallest absolute Gasteiger partial charge is 0.243 e. The molecule has 3 atom stereocenters. The van der Waals surface area contributed by atoms with E-state index < -0.39 is 10.0 Å². The minimum atomic E-state index is -3.49. The van der Waals surface area contributed by atoms with Gasteiger partial charge in [0.2, 0.25) is 10.0 Å². The first kappa shape index (κ1) is 23.6. The maximum absolute atomic E-state index is 13.1. The minimum Gasteiger partial charge on any atom is -0.489 e. The molecule has 6 heteroatoms. The Morgan fingerprint density at radius 1 is 0.971 bits per heavy atom. The van der Waals surface area contributed by atoms with Gasteiger partial charge in [-0.15, -0.1) is 0 Å². The molecule has 0 fully saturated rings. The van der Waals surface area contributed by atoms with Crippen molar-refractivity contribution in [3.8, 4) is 5.75 Å². The highest BCUT2D eigenvalue weighted by Gasteiger charge is 2.38. The van der Waals surface area contributed by atoms with Gasteiger partial charge in [0, 0.05) is 24.7 Å². The fraction of sp³-hybridized carbons (Fsp3) is 0.310. The van der Waals surface area contributed by atoms with Crippen LogP contribution in [0.3, 0.4) is 0 Å². The second kappa shape index (κ2) is 9.88. The first-order chi connectivity index (χ1) is 17.0. The molecule has 0 spiro atoms. The van der Waals surface area contributed by atoms with Gasteiger partial charge < -0.3 is 10.1 Å². The Labute approximate surface area is 208 Å². The third-order valence-corrected chi connectivity index (χ3v) is 9.21. The van der Waals surface area contributed by atoms with Crippen molar-refractivity contribution in [1.82, 2.24) is 4.31 Å². The summed E-state index contributed by atoms with van der Waals surface area (Å²) in [6.45, 7) is 5.22. The Kier molecular flexibility index (Phi) is 6.67. The standard InChI is InChI=1S/C29H32N2O3S/c1-3-31(4-2)35(32,33)24-17-18-28-27(19-24)25-11-8-12-26(25)29(30-28)22-13-15-23(16-14-22)34-20-21-9-6-5-7-10-21/h5-11,13-19,25-26,29-30H,3-4,12,20H2,1-2H3. The number of anilines is 1. The third-order valence-electron chi connectivity index (χ3n) is 7.16. The summed E-state index contributed by atoms with van der Waals surface area (Å²) in [6, 6.07) is 24.2. The number of nitrogens with zero attached hydrogens (tertiary/aromatic N) is 1. The van der Waals surface area contributed by atoms with Crippen molar-refractivity contribution in [2.75, 3.05) is 18.4 Å². The van der Waals surface area contributed by atoms with Gasteiger partial charge in [0.15, 0.2) is 0 Å². The molecule has 1 aliphatic carbocycles. The van der Waals surface area contributed by atoms with Crippen LogP contribution < -0.4 is 10.1 Å². The lowest BCUT2D eigenvalue weighted by Gasteiger charge is -2.38. The summed E-state index contributed by atoms with van der Waals surface area (Å²) in [7, 11) is -3.49. The molecule has 182 valence electrons. The molecule has 1 N–H and O–H groups in total. The summed E-state index contributed by atoms with van der Waals surface area (Å²) in [5, 5.41) is 3.71. The van der Waals surface area contributed by atoms with Gasteiger partial charge in [0.05, 0.1) is 10.9 Å². The van der Waals surface area contributed by atoms with Gasteiger partial charge in [-0.1, -0.05) is 68.5 Å². The van der Waals surface area contributed by atoms with E-state index in [1.165, 1.54) is 9.87 Å². The Bertz CT molecular complexity index is 1300. The van der Waals surface area contributed by atoms with Crippen molar-refractivity contribution < 1.29 is 13.2 Å². The normalized spacial score (nSPS) is 20.8. The second-order valence-electron chi connectivity index (χ2n) is 9.16. The average molecular weight is 489 g/mol. The lowest BCUT2D eigenvalue weighted by atomic mass is 9.77. The Hall–Kier alpha value is -3.09. The minimum absolute atomic E-state index is 0.149. The molecule has 0 saturated heterocycles. The Morgan fingerprint density at radius 3 is 2.43 bits per heavy atom. The van der Waals surface area contributed by atoms with Gasteiger partial charge in [0.1, 0.15) is 12.4 Å². The molecule has 35 heavy (non-hydrogen) atoms. The lowest BCUT2D eigenvalue weighted by molar-refractivity contribution is 0.306. The molecule has 0 aromatic heterocycles. The van der Waals surface area contributed by atoms with Crippen LogP contribution in [0.5, 0.6) is 5.75 Å². The zero-order valence-electron chi connectivity index (χ0n) is 20.2. The predicted octanol–water partition coefficient (Wildman–Crippen LogP) is 6.12. The van der Waals surface area contributed by atoms with Crippen molar-refractivity contribution in [3.63, 3.8) is 0 Å². The number of hydrogen-bond acceptors (Lipinski definition) is 4. The SMILES string of the molecule is CCN(CC)S(=O)(=O)c1ccc2c(c1)C1C=CCC1C(c1ccc(OCc3ccccc3)cc1)N2. The van der Waals surface area contributed by atoms with Crippen molar-refractivity contribution in [3.05, 3.63) is 102 Å². The van der Waals surface area contributed by atoms with Crippen LogP contribution in [0.4, 0.5) is 5.69 Å². The van der Waals surface area contributed by atoms with E-state index >= 15 is 0 Å². The van der Waals surface area contributed by atoms with E-state index in [1.807, 2.05) is 56.3 Å². The monoisotopic (exact) mass is 488 g/mol. The maximum Gasteiger partial charge on any atom is 0.243 e. The van der Waals surface area contributed by atoms with E-state index in [1.54, 1.807) is 6.07 Å². The van der Waals surface area contributed by atoms with Crippen molar-refractivity contribution in [1.29, 1.82) is 0 Å². The quantitative estimate of drug-likeness (QED) is 0.388. The maximum atomic E-state index is 13.1. The molecule has 3 unspecified atom stereocenters. The fourth-order valence-electron chi connectivity index (χ4n) is 5.29. The van der Waals surface area contributed by atoms with E-state index in [-0.39, 0.29) is 12.0 Å². The van der Waals surface area contributed by atoms with Crippen LogP contribution in [0.15, 0.2) is 89.8 Å². The molecule has 0 amide bonds. The van der Waals surface area contributed by atoms with Crippen molar-refractivity contribution >= 4 is 15.7 Å². The molecule has 0 radical (unpaired) electrons. The Morgan fingerprint density at radius 2 is 1.71 bits per heavy atom. The summed E-state index contributed by atoms with van der Waals surface area (Å²) in [5.74, 6) is 1.38. The highest BCUT2D eigenvalue weighted by Crippen LogP contribution is 2.50. The summed E-state index contributed by atoms with van der Waals surface area (Å²) >= 11 is 0. The molecule has 0 saturated carbocycles. The van der Waals surface area contributed by atoms with E-state index in [0.717, 1.165) is 29.0 Å². The fourth-order valence-corrected chi connectivity index (χ4v) is 6.78. The molecule has 0 bridgehead atoms. The van der Waals surface area contributed by atoms with Gasteiger partial charge in [-0.2, -0.15) is 4.31 Å². The number of nitrogens with one attached hydrogen (secondary N) is 1. The molecular formula is C29H32N2O3S. The Balaban J connectivity index is 1.37. The number of hydrogen-bond donors (Lipinski definition) is 1. The molecule has 5 nitrogen and oxygen atoms in total. The highest BCUT2D eigenvalue weighted by molar-refractivity contribution is 7.89. The summed E-state index contributed by atoms with van der Waals surface area (Å²) in [6.07, 6.45) is 5.42. The van der Waals surface area contributed by atoms with Crippen molar-refractivity contribution in [2.45, 2.75) is 43.7 Å². The van der Waals surface area contributed by atoms with Gasteiger partial charge >= 0.3 is 0 Å². The predicted molar refractivity (Wildman–Crippen MR) is 140 cm³/mol. The number of fused-ring (bicyclic) bond motifs is 3. The molecule has 3 aromatic carbocycles. The van der Waals surface area contributed by atoms with Crippen molar-refractivity contribution in [2.24, 2.45) is 5.92 Å². The van der Waals surface area contributed by atoms with Crippen LogP contribution in [0.2, 0.25) is 0 Å². The summed E-state index contributed by atoms with van der Waals surface area (Å²) in [4.78, 5) is 0.374. The van der Waals surface area contributed by atoms with E-state index in [4.69, 9.17) is 4.74 Å². The zero-order chi connectivity index (χ0) is 24.4. The highest BCUT2D eigenvalue weighted by atomic mass is 32.2. The molecule has 2 aliphatic rings. The van der Waals surface area contributed by atoms with Crippen LogP contribution >= 0.6 is 0 Å². The molecule has 1 aliphatic heterocycles. The first-order valence-corrected chi connectivity index (χ1v) is 13.8. The van der Waals surface area contributed by atoms with Crippen LogP contribution in [0.25, 0.3) is 0 Å². The number of sulfonamides is 1. The largest absolute Gasteiger partial charge is 0.489 e. The number of benzene rings is 3. The summed E-state index contributed by atoms with van der Waals surface area (Å²) < 4.78 is 33.7. The molecule has 3 aromatic rings. The number of allylic oxidation sites excluding steroid dienone is 2. The number of ether oxygens (including phenoxy) is 1. The second-order valence-corrected chi connectivity index (χ2v) is 11.1. The molecule has 5 rings (SSSR count). The first-order valence-electron chi connectivity index (χ1n) is 12.3. The average Bonchev–Trinajstić information content (AvgIpc) is 3.39. The van der Waals surface area contributed by atoms with Crippen LogP contribution in [-0.4, -0.2) is 25.8 Å². The zero-order valence-corrected chi connectivity index (χ0v) is 21.0. The van der Waals surface area contributed by atoms with Crippen LogP contribution in [0, 0.1) is 5.92 Å². The van der Waals surface area contributed by atoms with Gasteiger partial charge in [0.25, 0.3) is 0 Å². The topological polar surface area (TPSA) is 58.6 Å². The number of rotatable bonds is 8. The van der Waals surface area contributed by atoms with Crippen LogP contribution in [0.1, 0.15) is 48.9 Å². The van der Waals surface area contributed by atoms with E-state index in [9.17, 15) is 8.42 Å².